The minimum Gasteiger partial charge on any atom is -0.411 e. The van der Waals surface area contributed by atoms with E-state index in [-0.39, 0.29) is 11.3 Å². The van der Waals surface area contributed by atoms with Crippen LogP contribution in [-0.4, -0.2) is 10.9 Å². The van der Waals surface area contributed by atoms with Crippen molar-refractivity contribution in [3.05, 3.63) is 35.1 Å². The van der Waals surface area contributed by atoms with Crippen LogP contribution in [0.25, 0.3) is 0 Å². The Hall–Kier alpha value is -1.52. The molecule has 1 N–H and O–H groups in total. The molecule has 0 saturated carbocycles. The summed E-state index contributed by atoms with van der Waals surface area (Å²) in [6.07, 6.45) is 0. The second-order valence-electron chi connectivity index (χ2n) is 2.43. The molecule has 0 unspecified atom stereocenters. The molecule has 5 heteroatoms. The number of nitrogens with zero attached hydrogens (tertiary/aromatic N) is 1. The third-order valence-electron chi connectivity index (χ3n) is 1.55. The van der Waals surface area contributed by atoms with Crippen molar-refractivity contribution in [1.82, 2.24) is 0 Å². The maximum absolute atomic E-state index is 12.9. The Morgan fingerprint density at radius 1 is 1.15 bits per heavy atom. The molecule has 0 aliphatic carbocycles. The molecule has 0 atom stereocenters. The Labute approximate surface area is 72.3 Å². The number of rotatable bonds is 1. The average molecular weight is 189 g/mol. The van der Waals surface area contributed by atoms with E-state index in [2.05, 4.69) is 5.16 Å². The molecule has 1 rings (SSSR count). The highest BCUT2D eigenvalue weighted by molar-refractivity contribution is 5.98. The molecule has 0 aliphatic rings. The summed E-state index contributed by atoms with van der Waals surface area (Å²) in [5.74, 6) is -3.42. The summed E-state index contributed by atoms with van der Waals surface area (Å²) >= 11 is 0. The maximum atomic E-state index is 12.9. The average Bonchev–Trinajstić information content (AvgIpc) is 2.10. The zero-order valence-electron chi connectivity index (χ0n) is 6.68. The summed E-state index contributed by atoms with van der Waals surface area (Å²) in [5, 5.41) is 11.0. The third-order valence-corrected chi connectivity index (χ3v) is 1.55. The first-order chi connectivity index (χ1) is 6.06. The first kappa shape index (κ1) is 9.57. The molecule has 2 nitrogen and oxygen atoms in total. The van der Waals surface area contributed by atoms with E-state index < -0.39 is 17.5 Å². The lowest BCUT2D eigenvalue weighted by molar-refractivity contribution is 0.318. The van der Waals surface area contributed by atoms with Crippen LogP contribution in [0.5, 0.6) is 0 Å². The van der Waals surface area contributed by atoms with Gasteiger partial charge in [0.05, 0.1) is 5.71 Å². The van der Waals surface area contributed by atoms with E-state index in [1.54, 1.807) is 0 Å². The number of hydrogen-bond acceptors (Lipinski definition) is 2. The molecule has 1 aromatic carbocycles. The van der Waals surface area contributed by atoms with Crippen LogP contribution >= 0.6 is 0 Å². The van der Waals surface area contributed by atoms with Crippen LogP contribution in [0.4, 0.5) is 13.2 Å². The van der Waals surface area contributed by atoms with Gasteiger partial charge in [-0.2, -0.15) is 0 Å². The zero-order chi connectivity index (χ0) is 10.0. The standard InChI is InChI=1S/C8H6F3NO/c1-4(12-13)5-2-7(10)8(11)3-6(5)9/h2-3,13H,1H3/b12-4+. The Balaban J connectivity index is 3.32. The van der Waals surface area contributed by atoms with E-state index in [4.69, 9.17) is 5.21 Å². The summed E-state index contributed by atoms with van der Waals surface area (Å²) in [6.45, 7) is 1.27. The van der Waals surface area contributed by atoms with Gasteiger partial charge in [-0.25, -0.2) is 13.2 Å². The Morgan fingerprint density at radius 3 is 2.23 bits per heavy atom. The van der Waals surface area contributed by atoms with E-state index in [9.17, 15) is 13.2 Å². The van der Waals surface area contributed by atoms with Crippen molar-refractivity contribution in [3.8, 4) is 0 Å². The van der Waals surface area contributed by atoms with Crippen molar-refractivity contribution in [1.29, 1.82) is 0 Å². The maximum Gasteiger partial charge on any atom is 0.161 e. The predicted molar refractivity (Wildman–Crippen MR) is 40.3 cm³/mol. The minimum absolute atomic E-state index is 0.114. The number of hydrogen-bond donors (Lipinski definition) is 1. The van der Waals surface area contributed by atoms with E-state index in [1.807, 2.05) is 0 Å². The van der Waals surface area contributed by atoms with Crippen molar-refractivity contribution < 1.29 is 18.4 Å². The van der Waals surface area contributed by atoms with Gasteiger partial charge in [-0.05, 0) is 13.0 Å². The number of benzene rings is 1. The normalized spacial score (nSPS) is 11.8. The topological polar surface area (TPSA) is 32.6 Å². The van der Waals surface area contributed by atoms with Crippen molar-refractivity contribution in [2.75, 3.05) is 0 Å². The zero-order valence-corrected chi connectivity index (χ0v) is 6.68. The van der Waals surface area contributed by atoms with Gasteiger partial charge in [-0.3, -0.25) is 0 Å². The molecule has 0 saturated heterocycles. The van der Waals surface area contributed by atoms with Gasteiger partial charge in [0, 0.05) is 11.6 Å². The molecule has 0 bridgehead atoms. The third kappa shape index (κ3) is 1.80. The van der Waals surface area contributed by atoms with Crippen LogP contribution in [0.1, 0.15) is 12.5 Å². The van der Waals surface area contributed by atoms with Crippen molar-refractivity contribution in [2.45, 2.75) is 6.92 Å². The van der Waals surface area contributed by atoms with Crippen molar-refractivity contribution in [2.24, 2.45) is 5.16 Å². The summed E-state index contributed by atoms with van der Waals surface area (Å²) in [4.78, 5) is 0. The fraction of sp³-hybridized carbons (Fsp3) is 0.125. The predicted octanol–water partition coefficient (Wildman–Crippen LogP) is 2.30. The van der Waals surface area contributed by atoms with Crippen LogP contribution < -0.4 is 0 Å². The molecule has 0 amide bonds. The van der Waals surface area contributed by atoms with Crippen LogP contribution in [0.15, 0.2) is 17.3 Å². The van der Waals surface area contributed by atoms with E-state index in [1.165, 1.54) is 6.92 Å². The van der Waals surface area contributed by atoms with Crippen molar-refractivity contribution >= 4 is 5.71 Å². The first-order valence-electron chi connectivity index (χ1n) is 3.40. The lowest BCUT2D eigenvalue weighted by atomic mass is 10.1. The van der Waals surface area contributed by atoms with E-state index in [0.717, 1.165) is 0 Å². The first-order valence-corrected chi connectivity index (χ1v) is 3.40. The van der Waals surface area contributed by atoms with Gasteiger partial charge in [0.2, 0.25) is 0 Å². The van der Waals surface area contributed by atoms with Gasteiger partial charge in [0.25, 0.3) is 0 Å². The van der Waals surface area contributed by atoms with Crippen LogP contribution in [0.3, 0.4) is 0 Å². The molecule has 0 radical (unpaired) electrons. The van der Waals surface area contributed by atoms with E-state index >= 15 is 0 Å². The summed E-state index contributed by atoms with van der Waals surface area (Å²) < 4.78 is 37.9. The molecule has 0 aliphatic heterocycles. The molecule has 70 valence electrons. The van der Waals surface area contributed by atoms with Crippen molar-refractivity contribution in [3.63, 3.8) is 0 Å². The highest BCUT2D eigenvalue weighted by Crippen LogP contribution is 2.14. The second-order valence-corrected chi connectivity index (χ2v) is 2.43. The van der Waals surface area contributed by atoms with Gasteiger partial charge in [-0.1, -0.05) is 5.16 Å². The Bertz CT molecular complexity index is 363. The van der Waals surface area contributed by atoms with Gasteiger partial charge in [0.15, 0.2) is 11.6 Å². The van der Waals surface area contributed by atoms with Gasteiger partial charge >= 0.3 is 0 Å². The van der Waals surface area contributed by atoms with Crippen LogP contribution in [-0.2, 0) is 0 Å². The monoisotopic (exact) mass is 189 g/mol. The molecule has 0 spiro atoms. The highest BCUT2D eigenvalue weighted by Gasteiger charge is 2.11. The van der Waals surface area contributed by atoms with Gasteiger partial charge in [-0.15, -0.1) is 0 Å². The lowest BCUT2D eigenvalue weighted by Crippen LogP contribution is -2.01. The summed E-state index contributed by atoms with van der Waals surface area (Å²) in [5.41, 5.74) is -0.377. The SMILES string of the molecule is C/C(=N\O)c1cc(F)c(F)cc1F. The van der Waals surface area contributed by atoms with Gasteiger partial charge in [0.1, 0.15) is 5.82 Å². The quantitative estimate of drug-likeness (QED) is 0.312. The molecular formula is C8H6F3NO. The fourth-order valence-electron chi connectivity index (χ4n) is 0.854. The molecule has 13 heavy (non-hydrogen) atoms. The molecule has 0 heterocycles. The Morgan fingerprint density at radius 2 is 1.69 bits per heavy atom. The largest absolute Gasteiger partial charge is 0.411 e. The summed E-state index contributed by atoms with van der Waals surface area (Å²) in [6, 6.07) is 1.04. The smallest absolute Gasteiger partial charge is 0.161 e. The van der Waals surface area contributed by atoms with Crippen LogP contribution in [0.2, 0.25) is 0 Å². The van der Waals surface area contributed by atoms with Crippen LogP contribution in [0, 0.1) is 17.5 Å². The second kappa shape index (κ2) is 3.47. The lowest BCUT2D eigenvalue weighted by Gasteiger charge is -2.01. The fourth-order valence-corrected chi connectivity index (χ4v) is 0.854. The van der Waals surface area contributed by atoms with E-state index in [0.29, 0.717) is 12.1 Å². The highest BCUT2D eigenvalue weighted by atomic mass is 19.2. The number of oxime groups is 1. The number of halogens is 3. The minimum atomic E-state index is -1.27. The molecule has 1 aromatic rings. The van der Waals surface area contributed by atoms with Gasteiger partial charge < -0.3 is 5.21 Å². The molecule has 0 aromatic heterocycles. The summed E-state index contributed by atoms with van der Waals surface area (Å²) in [7, 11) is 0. The molecule has 0 fully saturated rings. The Kier molecular flexibility index (Phi) is 2.55. The molecular weight excluding hydrogens is 183 g/mol.